The van der Waals surface area contributed by atoms with Crippen molar-refractivity contribution in [1.82, 2.24) is 0 Å². The lowest BCUT2D eigenvalue weighted by Gasteiger charge is -2.29. The fourth-order valence-corrected chi connectivity index (χ4v) is 5.08. The molecule has 0 aliphatic heterocycles. The van der Waals surface area contributed by atoms with Gasteiger partial charge in [0.25, 0.3) is 0 Å². The fourth-order valence-electron chi connectivity index (χ4n) is 5.08. The molecule has 0 aromatic heterocycles. The van der Waals surface area contributed by atoms with Crippen molar-refractivity contribution in [3.63, 3.8) is 0 Å². The highest BCUT2D eigenvalue weighted by Crippen LogP contribution is 2.61. The van der Waals surface area contributed by atoms with Crippen molar-refractivity contribution >= 4 is 0 Å². The van der Waals surface area contributed by atoms with Crippen LogP contribution in [0.4, 0.5) is 0 Å². The molecule has 3 saturated carbocycles. The Kier molecular flexibility index (Phi) is 5.56. The van der Waals surface area contributed by atoms with Crippen molar-refractivity contribution in [3.8, 4) is 0 Å². The Labute approximate surface area is 158 Å². The summed E-state index contributed by atoms with van der Waals surface area (Å²) in [6.45, 7) is 6.39. The monoisotopic (exact) mass is 340 g/mol. The van der Waals surface area contributed by atoms with Crippen molar-refractivity contribution in [2.75, 3.05) is 0 Å². The van der Waals surface area contributed by atoms with Gasteiger partial charge in [0.2, 0.25) is 0 Å². The molecular formula is C25H40. The predicted molar refractivity (Wildman–Crippen MR) is 114 cm³/mol. The van der Waals surface area contributed by atoms with Gasteiger partial charge in [-0.05, 0) is 93.4 Å². The first kappa shape index (κ1) is 18.5. The van der Waals surface area contributed by atoms with Gasteiger partial charge in [-0.3, -0.25) is 0 Å². The molecule has 1 spiro atoms. The summed E-state index contributed by atoms with van der Waals surface area (Å²) in [7, 11) is 0. The number of rotatable bonds is 3. The van der Waals surface area contributed by atoms with E-state index in [4.69, 9.17) is 0 Å². The molecule has 0 radical (unpaired) electrons. The fraction of sp³-hybridized carbons (Fsp3) is 0.600. The van der Waals surface area contributed by atoms with E-state index in [0.717, 1.165) is 17.8 Å². The molecule has 0 heteroatoms. The standard InChI is InChI=1S/C24H32.CH4.2H2/c1-18-3-9-22(10-4-18)23-11-7-20(8-12-23)5-6-21-13-15-24(16-14-21)17-19(24)2;;;/h3-6,9-10,20-21,23H,2,7-8,11-17H2,1H3;1H4;2*1H/b6-5+;;;. The second-order valence-corrected chi connectivity index (χ2v) is 8.81. The number of hydrogen-bond donors (Lipinski definition) is 0. The Morgan fingerprint density at radius 1 is 0.920 bits per heavy atom. The Morgan fingerprint density at radius 3 is 1.96 bits per heavy atom. The zero-order valence-corrected chi connectivity index (χ0v) is 15.3. The second kappa shape index (κ2) is 7.52. The normalized spacial score (nSPS) is 34.9. The lowest BCUT2D eigenvalue weighted by atomic mass is 9.76. The molecule has 0 nitrogen and oxygen atoms in total. The van der Waals surface area contributed by atoms with Crippen LogP contribution < -0.4 is 0 Å². The van der Waals surface area contributed by atoms with E-state index in [1.807, 2.05) is 0 Å². The van der Waals surface area contributed by atoms with Crippen LogP contribution in [0.3, 0.4) is 0 Å². The van der Waals surface area contributed by atoms with Gasteiger partial charge in [-0.25, -0.2) is 0 Å². The molecule has 0 atom stereocenters. The van der Waals surface area contributed by atoms with E-state index in [-0.39, 0.29) is 10.3 Å². The molecule has 0 amide bonds. The maximum absolute atomic E-state index is 4.21. The van der Waals surface area contributed by atoms with Crippen molar-refractivity contribution in [3.05, 3.63) is 59.7 Å². The van der Waals surface area contributed by atoms with E-state index in [2.05, 4.69) is 49.9 Å². The minimum atomic E-state index is 0. The third-order valence-corrected chi connectivity index (χ3v) is 7.14. The molecule has 3 aliphatic carbocycles. The minimum absolute atomic E-state index is 0. The van der Waals surface area contributed by atoms with Gasteiger partial charge in [0.1, 0.15) is 0 Å². The van der Waals surface area contributed by atoms with Crippen LogP contribution in [0.2, 0.25) is 0 Å². The predicted octanol–water partition coefficient (Wildman–Crippen LogP) is 8.09. The van der Waals surface area contributed by atoms with E-state index < -0.39 is 0 Å². The molecule has 0 heterocycles. The molecule has 0 unspecified atom stereocenters. The summed E-state index contributed by atoms with van der Waals surface area (Å²) in [4.78, 5) is 0. The van der Waals surface area contributed by atoms with Gasteiger partial charge in [-0.1, -0.05) is 61.6 Å². The van der Waals surface area contributed by atoms with E-state index in [1.54, 1.807) is 11.1 Å². The average Bonchev–Trinajstić information content (AvgIpc) is 3.24. The minimum Gasteiger partial charge on any atom is -0.0993 e. The first-order valence-corrected chi connectivity index (χ1v) is 10.1. The van der Waals surface area contributed by atoms with Gasteiger partial charge in [0.05, 0.1) is 0 Å². The van der Waals surface area contributed by atoms with Crippen LogP contribution in [0.5, 0.6) is 0 Å². The number of benzene rings is 1. The van der Waals surface area contributed by atoms with E-state index in [9.17, 15) is 0 Å². The summed E-state index contributed by atoms with van der Waals surface area (Å²) >= 11 is 0. The summed E-state index contributed by atoms with van der Waals surface area (Å²) in [5.74, 6) is 2.47. The topological polar surface area (TPSA) is 0 Å². The highest BCUT2D eigenvalue weighted by molar-refractivity contribution is 5.30. The molecule has 1 aromatic carbocycles. The highest BCUT2D eigenvalue weighted by Gasteiger charge is 2.48. The van der Waals surface area contributed by atoms with Crippen LogP contribution in [0.25, 0.3) is 0 Å². The number of aryl methyl sites for hydroxylation is 1. The molecule has 140 valence electrons. The summed E-state index contributed by atoms with van der Waals surface area (Å²) in [5.41, 5.74) is 5.08. The highest BCUT2D eigenvalue weighted by atomic mass is 14.5. The van der Waals surface area contributed by atoms with Crippen molar-refractivity contribution in [2.24, 2.45) is 17.3 Å². The van der Waals surface area contributed by atoms with E-state index >= 15 is 0 Å². The molecule has 0 N–H and O–H groups in total. The maximum Gasteiger partial charge on any atom is 0 e. The van der Waals surface area contributed by atoms with Crippen molar-refractivity contribution in [2.45, 2.75) is 78.1 Å². The summed E-state index contributed by atoms with van der Waals surface area (Å²) in [6, 6.07) is 9.23. The van der Waals surface area contributed by atoms with E-state index in [0.29, 0.717) is 5.41 Å². The van der Waals surface area contributed by atoms with Crippen LogP contribution in [-0.4, -0.2) is 0 Å². The third-order valence-electron chi connectivity index (χ3n) is 7.14. The molecule has 4 rings (SSSR count). The quantitative estimate of drug-likeness (QED) is 0.488. The average molecular weight is 341 g/mol. The summed E-state index contributed by atoms with van der Waals surface area (Å²) < 4.78 is 0. The zero-order chi connectivity index (χ0) is 16.6. The maximum atomic E-state index is 4.21. The van der Waals surface area contributed by atoms with Gasteiger partial charge in [0.15, 0.2) is 0 Å². The molecule has 0 bridgehead atoms. The van der Waals surface area contributed by atoms with Gasteiger partial charge < -0.3 is 0 Å². The lowest BCUT2D eigenvalue weighted by molar-refractivity contribution is 0.302. The van der Waals surface area contributed by atoms with Gasteiger partial charge in [-0.15, -0.1) is 0 Å². The summed E-state index contributed by atoms with van der Waals surface area (Å²) in [6.07, 6.45) is 17.6. The lowest BCUT2D eigenvalue weighted by Crippen LogP contribution is -2.15. The van der Waals surface area contributed by atoms with Crippen molar-refractivity contribution in [1.29, 1.82) is 0 Å². The van der Waals surface area contributed by atoms with Crippen LogP contribution in [-0.2, 0) is 0 Å². The first-order valence-electron chi connectivity index (χ1n) is 10.1. The van der Waals surface area contributed by atoms with Crippen LogP contribution in [0, 0.1) is 24.2 Å². The van der Waals surface area contributed by atoms with E-state index in [1.165, 1.54) is 63.4 Å². The molecular weight excluding hydrogens is 300 g/mol. The van der Waals surface area contributed by atoms with Crippen molar-refractivity contribution < 1.29 is 2.85 Å². The second-order valence-electron chi connectivity index (χ2n) is 8.81. The molecule has 25 heavy (non-hydrogen) atoms. The van der Waals surface area contributed by atoms with Gasteiger partial charge in [0, 0.05) is 2.85 Å². The van der Waals surface area contributed by atoms with Crippen LogP contribution in [0.1, 0.15) is 85.1 Å². The Morgan fingerprint density at radius 2 is 1.44 bits per heavy atom. The Balaban J connectivity index is 0.00000121. The smallest absolute Gasteiger partial charge is 0 e. The number of allylic oxidation sites excluding steroid dienone is 3. The number of hydrogen-bond acceptors (Lipinski definition) is 0. The Hall–Kier alpha value is -1.30. The largest absolute Gasteiger partial charge is 0.0993 e. The molecule has 1 aromatic rings. The zero-order valence-electron chi connectivity index (χ0n) is 15.3. The Bertz CT molecular complexity index is 612. The van der Waals surface area contributed by atoms with Crippen LogP contribution in [0.15, 0.2) is 48.6 Å². The molecule has 0 saturated heterocycles. The van der Waals surface area contributed by atoms with Gasteiger partial charge >= 0.3 is 0 Å². The van der Waals surface area contributed by atoms with Gasteiger partial charge in [-0.2, -0.15) is 0 Å². The first-order chi connectivity index (χ1) is 11.6. The SMILES string of the molecule is C.C=C1CC12CCC(/C=C/C1CCC(c3ccc(C)cc3)CC1)CC2.[HH].[HH]. The summed E-state index contributed by atoms with van der Waals surface area (Å²) in [5, 5.41) is 0. The molecule has 3 fully saturated rings. The third kappa shape index (κ3) is 4.10. The molecule has 3 aliphatic rings. The van der Waals surface area contributed by atoms with Crippen LogP contribution >= 0.6 is 0 Å².